The van der Waals surface area contributed by atoms with Crippen LogP contribution in [-0.4, -0.2) is 29.9 Å². The highest BCUT2D eigenvalue weighted by Gasteiger charge is 2.25. The molecule has 0 unspecified atom stereocenters. The number of nitrogens with one attached hydrogen (secondary N) is 1. The Morgan fingerprint density at radius 3 is 2.67 bits per heavy atom. The molecule has 27 heavy (non-hydrogen) atoms. The molecule has 1 saturated heterocycles. The average molecular weight is 399 g/mol. The van der Waals surface area contributed by atoms with Gasteiger partial charge < -0.3 is 5.32 Å². The molecule has 0 spiro atoms. The Labute approximate surface area is 169 Å². The van der Waals surface area contributed by atoms with Crippen LogP contribution in [0.1, 0.15) is 39.3 Å². The molecule has 4 rings (SSSR count). The molecule has 0 radical (unpaired) electrons. The first-order valence-electron chi connectivity index (χ1n) is 9.60. The van der Waals surface area contributed by atoms with E-state index in [2.05, 4.69) is 60.5 Å². The van der Waals surface area contributed by atoms with E-state index in [9.17, 15) is 4.79 Å². The molecule has 2 aliphatic heterocycles. The largest absolute Gasteiger partial charge is 0.349 e. The second-order valence-corrected chi connectivity index (χ2v) is 9.71. The van der Waals surface area contributed by atoms with Crippen molar-refractivity contribution < 1.29 is 4.79 Å². The van der Waals surface area contributed by atoms with Crippen molar-refractivity contribution in [3.05, 3.63) is 61.7 Å². The van der Waals surface area contributed by atoms with E-state index in [1.807, 2.05) is 11.3 Å². The first-order valence-corrected chi connectivity index (χ1v) is 11.4. The Hall–Kier alpha value is -1.56. The zero-order chi connectivity index (χ0) is 18.8. The number of carbonyl (C=O) groups is 1. The summed E-state index contributed by atoms with van der Waals surface area (Å²) in [5, 5.41) is 3.28. The highest BCUT2D eigenvalue weighted by Crippen LogP contribution is 2.39. The van der Waals surface area contributed by atoms with Crippen LogP contribution in [-0.2, 0) is 17.1 Å². The van der Waals surface area contributed by atoms with Gasteiger partial charge in [0.25, 0.3) is 5.91 Å². The predicted octanol–water partition coefficient (Wildman–Crippen LogP) is 4.73. The lowest BCUT2D eigenvalue weighted by molar-refractivity contribution is -0.117. The van der Waals surface area contributed by atoms with Crippen LogP contribution in [0.3, 0.4) is 0 Å². The van der Waals surface area contributed by atoms with Gasteiger partial charge in [0.15, 0.2) is 0 Å². The Morgan fingerprint density at radius 2 is 1.93 bits per heavy atom. The summed E-state index contributed by atoms with van der Waals surface area (Å²) >= 11 is 3.49. The van der Waals surface area contributed by atoms with Gasteiger partial charge in [0.2, 0.25) is 0 Å². The number of amides is 1. The summed E-state index contributed by atoms with van der Waals surface area (Å²) in [5.74, 6) is 1.02. The number of likely N-dealkylation sites (tertiary alicyclic amines) is 1. The number of benzene rings is 1. The van der Waals surface area contributed by atoms with Crippen LogP contribution >= 0.6 is 23.1 Å². The van der Waals surface area contributed by atoms with Crippen LogP contribution in [0.5, 0.6) is 0 Å². The number of fused-ring (bicyclic) bond motifs is 1. The smallest absolute Gasteiger partial charge is 0.257 e. The number of nitrogens with zero attached hydrogens (tertiary/aromatic N) is 1. The molecule has 5 heteroatoms. The summed E-state index contributed by atoms with van der Waals surface area (Å²) in [4.78, 5) is 18.7. The minimum absolute atomic E-state index is 0.107. The maximum Gasteiger partial charge on any atom is 0.257 e. The van der Waals surface area contributed by atoms with Crippen molar-refractivity contribution in [2.45, 2.75) is 45.0 Å². The van der Waals surface area contributed by atoms with Gasteiger partial charge in [-0.15, -0.1) is 23.1 Å². The molecule has 0 saturated carbocycles. The van der Waals surface area contributed by atoms with E-state index in [-0.39, 0.29) is 5.91 Å². The first-order chi connectivity index (χ1) is 13.1. The number of hydrogen-bond donors (Lipinski definition) is 1. The fourth-order valence-corrected chi connectivity index (χ4v) is 6.13. The van der Waals surface area contributed by atoms with Gasteiger partial charge in [-0.05, 0) is 49.5 Å². The first kappa shape index (κ1) is 18.8. The Bertz CT molecular complexity index is 849. The summed E-state index contributed by atoms with van der Waals surface area (Å²) in [7, 11) is 0. The average Bonchev–Trinajstić information content (AvgIpc) is 2.97. The van der Waals surface area contributed by atoms with Gasteiger partial charge in [-0.2, -0.15) is 0 Å². The molecule has 1 fully saturated rings. The molecule has 142 valence electrons. The highest BCUT2D eigenvalue weighted by atomic mass is 32.2. The third-order valence-electron chi connectivity index (χ3n) is 5.57. The molecule has 0 atom stereocenters. The standard InChI is InChI=1S/C22H26N2OS2/c1-15-16(2)27-20-12-21(26-14-19(15)20)22(25)23-18-8-10-24(11-9-18)13-17-6-4-3-5-7-17/h3-7,12,18H,8-11,13-14H2,1-2H3,(H,23,25). The molecule has 3 nitrogen and oxygen atoms in total. The van der Waals surface area contributed by atoms with Gasteiger partial charge in [0.1, 0.15) is 0 Å². The van der Waals surface area contributed by atoms with Crippen molar-refractivity contribution in [1.29, 1.82) is 0 Å². The topological polar surface area (TPSA) is 32.3 Å². The lowest BCUT2D eigenvalue weighted by atomic mass is 10.0. The molecule has 3 heterocycles. The molecular weight excluding hydrogens is 372 g/mol. The monoisotopic (exact) mass is 398 g/mol. The zero-order valence-electron chi connectivity index (χ0n) is 16.0. The lowest BCUT2D eigenvalue weighted by Crippen LogP contribution is -2.44. The van der Waals surface area contributed by atoms with Crippen molar-refractivity contribution in [3.8, 4) is 0 Å². The number of rotatable bonds is 4. The van der Waals surface area contributed by atoms with Gasteiger partial charge in [-0.3, -0.25) is 9.69 Å². The van der Waals surface area contributed by atoms with Crippen molar-refractivity contribution in [3.63, 3.8) is 0 Å². The van der Waals surface area contributed by atoms with E-state index in [1.54, 1.807) is 11.8 Å². The maximum atomic E-state index is 12.7. The number of carbonyl (C=O) groups excluding carboxylic acids is 1. The molecule has 1 amide bonds. The maximum absolute atomic E-state index is 12.7. The van der Waals surface area contributed by atoms with Crippen LogP contribution < -0.4 is 5.32 Å². The van der Waals surface area contributed by atoms with Crippen molar-refractivity contribution >= 4 is 35.1 Å². The van der Waals surface area contributed by atoms with E-state index >= 15 is 0 Å². The second kappa shape index (κ2) is 8.21. The fourth-order valence-electron chi connectivity index (χ4n) is 3.77. The second-order valence-electron chi connectivity index (χ2n) is 7.43. The molecule has 2 aromatic rings. The molecule has 1 N–H and O–H groups in total. The van der Waals surface area contributed by atoms with Crippen LogP contribution in [0.4, 0.5) is 0 Å². The quantitative estimate of drug-likeness (QED) is 0.808. The summed E-state index contributed by atoms with van der Waals surface area (Å²) in [6, 6.07) is 10.9. The number of hydrogen-bond acceptors (Lipinski definition) is 4. The summed E-state index contributed by atoms with van der Waals surface area (Å²) in [6.45, 7) is 7.44. The minimum Gasteiger partial charge on any atom is -0.349 e. The number of piperidine rings is 1. The van der Waals surface area contributed by atoms with Gasteiger partial charge in [0.05, 0.1) is 4.91 Å². The number of aryl methyl sites for hydroxylation is 1. The molecule has 2 aliphatic rings. The zero-order valence-corrected chi connectivity index (χ0v) is 17.6. The Kier molecular flexibility index (Phi) is 5.71. The third kappa shape index (κ3) is 4.31. The van der Waals surface area contributed by atoms with Gasteiger partial charge >= 0.3 is 0 Å². The van der Waals surface area contributed by atoms with Crippen molar-refractivity contribution in [1.82, 2.24) is 10.2 Å². The molecule has 0 bridgehead atoms. The van der Waals surface area contributed by atoms with E-state index < -0.39 is 0 Å². The lowest BCUT2D eigenvalue weighted by Gasteiger charge is -2.32. The van der Waals surface area contributed by atoms with Gasteiger partial charge in [-0.25, -0.2) is 0 Å². The van der Waals surface area contributed by atoms with Crippen molar-refractivity contribution in [2.75, 3.05) is 13.1 Å². The van der Waals surface area contributed by atoms with E-state index in [0.29, 0.717) is 6.04 Å². The molecule has 1 aromatic heterocycles. The van der Waals surface area contributed by atoms with E-state index in [1.165, 1.54) is 26.4 Å². The molecule has 0 aliphatic carbocycles. The molecule has 1 aromatic carbocycles. The van der Waals surface area contributed by atoms with Crippen molar-refractivity contribution in [2.24, 2.45) is 0 Å². The summed E-state index contributed by atoms with van der Waals surface area (Å²) < 4.78 is 0. The Balaban J connectivity index is 1.31. The van der Waals surface area contributed by atoms with Crippen LogP contribution in [0.25, 0.3) is 6.08 Å². The Morgan fingerprint density at radius 1 is 1.19 bits per heavy atom. The summed E-state index contributed by atoms with van der Waals surface area (Å²) in [6.07, 6.45) is 4.14. The van der Waals surface area contributed by atoms with Gasteiger partial charge in [-0.1, -0.05) is 30.3 Å². The van der Waals surface area contributed by atoms with Crippen LogP contribution in [0.15, 0.2) is 35.2 Å². The van der Waals surface area contributed by atoms with Crippen LogP contribution in [0.2, 0.25) is 0 Å². The number of thiophene rings is 1. The predicted molar refractivity (Wildman–Crippen MR) is 116 cm³/mol. The SMILES string of the molecule is Cc1sc2c(c1C)CSC(C(=O)NC1CCN(Cc3ccccc3)CC1)=C2. The molecular formula is C22H26N2OS2. The minimum atomic E-state index is 0.107. The number of thioether (sulfide) groups is 1. The van der Waals surface area contributed by atoms with Crippen LogP contribution in [0, 0.1) is 13.8 Å². The van der Waals surface area contributed by atoms with E-state index in [4.69, 9.17) is 0 Å². The normalized spacial score (nSPS) is 18.1. The van der Waals surface area contributed by atoms with E-state index in [0.717, 1.165) is 43.1 Å². The highest BCUT2D eigenvalue weighted by molar-refractivity contribution is 8.03. The third-order valence-corrected chi connectivity index (χ3v) is 7.81. The van der Waals surface area contributed by atoms with Gasteiger partial charge in [0, 0.05) is 41.2 Å². The summed E-state index contributed by atoms with van der Waals surface area (Å²) in [5.41, 5.74) is 4.17. The fraction of sp³-hybridized carbons (Fsp3) is 0.409.